The highest BCUT2D eigenvalue weighted by Crippen LogP contribution is 2.22. The number of ether oxygens (including phenoxy) is 1. The van der Waals surface area contributed by atoms with Gasteiger partial charge in [0.15, 0.2) is 0 Å². The van der Waals surface area contributed by atoms with Crippen LogP contribution in [0.1, 0.15) is 12.1 Å². The van der Waals surface area contributed by atoms with E-state index in [9.17, 15) is 4.39 Å². The van der Waals surface area contributed by atoms with Crippen LogP contribution in [0, 0.1) is 12.7 Å². The van der Waals surface area contributed by atoms with Crippen LogP contribution in [0.25, 0.3) is 0 Å². The number of anilines is 3. The predicted octanol–water partition coefficient (Wildman–Crippen LogP) is 3.77. The van der Waals surface area contributed by atoms with Crippen molar-refractivity contribution in [3.63, 3.8) is 0 Å². The Morgan fingerprint density at radius 3 is 2.82 bits per heavy atom. The number of methoxy groups -OCH3 is 1. The fourth-order valence-corrected chi connectivity index (χ4v) is 2.03. The lowest BCUT2D eigenvalue weighted by Gasteiger charge is -2.10. The number of hydrogen-bond donors (Lipinski definition) is 2. The van der Waals surface area contributed by atoms with E-state index in [1.54, 1.807) is 19.2 Å². The van der Waals surface area contributed by atoms with E-state index in [0.717, 1.165) is 18.7 Å². The van der Waals surface area contributed by atoms with E-state index in [2.05, 4.69) is 20.6 Å². The second-order valence-corrected chi connectivity index (χ2v) is 5.15. The Hall–Kier alpha value is -1.92. The first-order chi connectivity index (χ1) is 10.6. The third-order valence-corrected chi connectivity index (χ3v) is 3.14. The second-order valence-electron chi connectivity index (χ2n) is 4.75. The van der Waals surface area contributed by atoms with E-state index < -0.39 is 5.82 Å². The molecule has 0 aliphatic carbocycles. The molecule has 0 saturated carbocycles. The molecule has 2 N–H and O–H groups in total. The Morgan fingerprint density at radius 1 is 1.27 bits per heavy atom. The quantitative estimate of drug-likeness (QED) is 0.759. The van der Waals surface area contributed by atoms with Crippen molar-refractivity contribution in [3.8, 4) is 0 Å². The highest BCUT2D eigenvalue weighted by atomic mass is 35.5. The van der Waals surface area contributed by atoms with Crippen LogP contribution < -0.4 is 10.6 Å². The van der Waals surface area contributed by atoms with Gasteiger partial charge in [0.2, 0.25) is 5.95 Å². The van der Waals surface area contributed by atoms with Crippen LogP contribution in [0.2, 0.25) is 5.02 Å². The van der Waals surface area contributed by atoms with E-state index in [1.807, 2.05) is 6.92 Å². The fourth-order valence-electron chi connectivity index (χ4n) is 1.85. The lowest BCUT2D eigenvalue weighted by Crippen LogP contribution is -2.09. The van der Waals surface area contributed by atoms with Gasteiger partial charge in [-0.3, -0.25) is 0 Å². The third kappa shape index (κ3) is 4.82. The molecule has 0 unspecified atom stereocenters. The van der Waals surface area contributed by atoms with Gasteiger partial charge in [0, 0.05) is 37.7 Å². The van der Waals surface area contributed by atoms with Crippen molar-refractivity contribution in [2.75, 3.05) is 30.9 Å². The number of rotatable bonds is 7. The number of nitrogens with one attached hydrogen (secondary N) is 2. The Balaban J connectivity index is 2.06. The predicted molar refractivity (Wildman–Crippen MR) is 86.4 cm³/mol. The van der Waals surface area contributed by atoms with Gasteiger partial charge in [-0.15, -0.1) is 0 Å². The molecule has 0 bridgehead atoms. The molecule has 0 fully saturated rings. The van der Waals surface area contributed by atoms with Gasteiger partial charge >= 0.3 is 0 Å². The van der Waals surface area contributed by atoms with Crippen molar-refractivity contribution in [1.29, 1.82) is 0 Å². The molecule has 0 aliphatic rings. The van der Waals surface area contributed by atoms with E-state index in [-0.39, 0.29) is 5.02 Å². The maximum absolute atomic E-state index is 13.2. The number of aryl methyl sites for hydroxylation is 1. The van der Waals surface area contributed by atoms with Crippen LogP contribution in [0.3, 0.4) is 0 Å². The molecule has 118 valence electrons. The number of nitrogens with zero attached hydrogens (tertiary/aromatic N) is 2. The van der Waals surface area contributed by atoms with Crippen molar-refractivity contribution in [2.45, 2.75) is 13.3 Å². The normalized spacial score (nSPS) is 10.5. The molecule has 0 atom stereocenters. The average Bonchev–Trinajstić information content (AvgIpc) is 2.47. The summed E-state index contributed by atoms with van der Waals surface area (Å²) in [6.45, 7) is 3.28. The molecule has 1 heterocycles. The Labute approximate surface area is 133 Å². The zero-order valence-electron chi connectivity index (χ0n) is 12.5. The highest BCUT2D eigenvalue weighted by molar-refractivity contribution is 6.31. The Morgan fingerprint density at radius 2 is 2.09 bits per heavy atom. The van der Waals surface area contributed by atoms with E-state index in [0.29, 0.717) is 24.1 Å². The number of benzene rings is 1. The molecule has 1 aromatic heterocycles. The van der Waals surface area contributed by atoms with Crippen LogP contribution in [-0.2, 0) is 4.74 Å². The number of hydrogen-bond acceptors (Lipinski definition) is 5. The summed E-state index contributed by atoms with van der Waals surface area (Å²) in [5.41, 5.74) is 1.48. The van der Waals surface area contributed by atoms with Crippen LogP contribution in [-0.4, -0.2) is 30.2 Å². The largest absolute Gasteiger partial charge is 0.385 e. The van der Waals surface area contributed by atoms with Gasteiger partial charge in [0.25, 0.3) is 0 Å². The molecule has 22 heavy (non-hydrogen) atoms. The second kappa shape index (κ2) is 7.91. The van der Waals surface area contributed by atoms with Crippen molar-refractivity contribution in [1.82, 2.24) is 9.97 Å². The molecule has 5 nitrogen and oxygen atoms in total. The highest BCUT2D eigenvalue weighted by Gasteiger charge is 2.05. The summed E-state index contributed by atoms with van der Waals surface area (Å²) in [7, 11) is 1.67. The van der Waals surface area contributed by atoms with E-state index in [4.69, 9.17) is 16.3 Å². The van der Waals surface area contributed by atoms with Crippen molar-refractivity contribution in [2.24, 2.45) is 0 Å². The lowest BCUT2D eigenvalue weighted by molar-refractivity contribution is 0.197. The van der Waals surface area contributed by atoms with Crippen LogP contribution in [0.5, 0.6) is 0 Å². The smallest absolute Gasteiger partial charge is 0.224 e. The van der Waals surface area contributed by atoms with Crippen molar-refractivity contribution >= 4 is 29.1 Å². The molecule has 2 rings (SSSR count). The van der Waals surface area contributed by atoms with Gasteiger partial charge in [0.1, 0.15) is 11.6 Å². The third-order valence-electron chi connectivity index (χ3n) is 2.85. The summed E-state index contributed by atoms with van der Waals surface area (Å²) >= 11 is 5.77. The zero-order valence-corrected chi connectivity index (χ0v) is 13.2. The average molecular weight is 325 g/mol. The number of aromatic nitrogens is 2. The first-order valence-electron chi connectivity index (χ1n) is 6.89. The SMILES string of the molecule is COCCCNc1nc(C)cc(Nc2ccc(F)c(Cl)c2)n1. The van der Waals surface area contributed by atoms with Gasteiger partial charge in [-0.2, -0.15) is 4.98 Å². The minimum absolute atomic E-state index is 0.0636. The monoisotopic (exact) mass is 324 g/mol. The zero-order chi connectivity index (χ0) is 15.9. The summed E-state index contributed by atoms with van der Waals surface area (Å²) in [4.78, 5) is 8.68. The summed E-state index contributed by atoms with van der Waals surface area (Å²) < 4.78 is 18.2. The molecule has 1 aromatic carbocycles. The lowest BCUT2D eigenvalue weighted by atomic mass is 10.3. The van der Waals surface area contributed by atoms with Gasteiger partial charge < -0.3 is 15.4 Å². The van der Waals surface area contributed by atoms with E-state index in [1.165, 1.54) is 12.1 Å². The number of halogens is 2. The topological polar surface area (TPSA) is 59.1 Å². The summed E-state index contributed by atoms with van der Waals surface area (Å²) in [5, 5.41) is 6.29. The van der Waals surface area contributed by atoms with Gasteiger partial charge in [-0.1, -0.05) is 11.6 Å². The molecular weight excluding hydrogens is 307 g/mol. The van der Waals surface area contributed by atoms with Gasteiger partial charge in [-0.25, -0.2) is 9.37 Å². The van der Waals surface area contributed by atoms with Crippen molar-refractivity contribution < 1.29 is 9.13 Å². The Kier molecular flexibility index (Phi) is 5.91. The molecular formula is C15H18ClFN4O. The first kappa shape index (κ1) is 16.5. The molecule has 0 radical (unpaired) electrons. The minimum Gasteiger partial charge on any atom is -0.385 e. The van der Waals surface area contributed by atoms with Crippen molar-refractivity contribution in [3.05, 3.63) is 40.8 Å². The molecule has 2 aromatic rings. The van der Waals surface area contributed by atoms with Crippen LogP contribution in [0.15, 0.2) is 24.3 Å². The molecule has 0 aliphatic heterocycles. The molecule has 7 heteroatoms. The van der Waals surface area contributed by atoms with Crippen LogP contribution >= 0.6 is 11.6 Å². The van der Waals surface area contributed by atoms with Crippen LogP contribution in [0.4, 0.5) is 21.8 Å². The minimum atomic E-state index is -0.452. The first-order valence-corrected chi connectivity index (χ1v) is 7.27. The summed E-state index contributed by atoms with van der Waals surface area (Å²) in [5.74, 6) is 0.697. The van der Waals surface area contributed by atoms with Gasteiger partial charge in [-0.05, 0) is 31.5 Å². The fraction of sp³-hybridized carbons (Fsp3) is 0.333. The summed E-state index contributed by atoms with van der Waals surface area (Å²) in [6.07, 6.45) is 0.865. The molecule has 0 spiro atoms. The Bertz CT molecular complexity index is 639. The summed E-state index contributed by atoms with van der Waals surface area (Å²) in [6, 6.07) is 6.23. The maximum Gasteiger partial charge on any atom is 0.224 e. The standard InChI is InChI=1S/C15H18ClFN4O/c1-10-8-14(20-11-4-5-13(17)12(16)9-11)21-15(19-10)18-6-3-7-22-2/h4-5,8-9H,3,6-7H2,1-2H3,(H2,18,19,20,21). The van der Waals surface area contributed by atoms with E-state index >= 15 is 0 Å². The maximum atomic E-state index is 13.2. The van der Waals surface area contributed by atoms with Gasteiger partial charge in [0.05, 0.1) is 5.02 Å². The molecule has 0 amide bonds. The molecule has 0 saturated heterocycles.